The Labute approximate surface area is 54.8 Å². The molecule has 0 N–H and O–H groups in total. The van der Waals surface area contributed by atoms with E-state index in [1.54, 1.807) is 0 Å². The average Bonchev–Trinajstić information content (AvgIpc) is 2.44. The molecule has 2 heterocycles. The van der Waals surface area contributed by atoms with Gasteiger partial charge < -0.3 is 4.90 Å². The number of fused-ring (bicyclic) bond motifs is 2. The highest BCUT2D eigenvalue weighted by molar-refractivity contribution is 5.50. The molecule has 0 radical (unpaired) electrons. The Morgan fingerprint density at radius 2 is 1.56 bits per heavy atom. The van der Waals surface area contributed by atoms with Gasteiger partial charge in [-0.3, -0.25) is 4.79 Å². The minimum Gasteiger partial charge on any atom is -0.339 e. The molecule has 0 aromatic carbocycles. The lowest BCUT2D eigenvalue weighted by molar-refractivity contribution is -0.119. The van der Waals surface area contributed by atoms with Crippen LogP contribution in [0.2, 0.25) is 0 Å². The molecule has 9 heavy (non-hydrogen) atoms. The van der Waals surface area contributed by atoms with Gasteiger partial charge in [-0.1, -0.05) is 0 Å². The molecular formula is C7H11NO. The van der Waals surface area contributed by atoms with E-state index in [1.165, 1.54) is 25.7 Å². The number of hydrogen-bond acceptors (Lipinski definition) is 1. The van der Waals surface area contributed by atoms with E-state index >= 15 is 0 Å². The van der Waals surface area contributed by atoms with E-state index in [-0.39, 0.29) is 0 Å². The molecule has 2 rings (SSSR count). The zero-order valence-electron chi connectivity index (χ0n) is 5.42. The monoisotopic (exact) mass is 125 g/mol. The summed E-state index contributed by atoms with van der Waals surface area (Å²) in [6.07, 6.45) is 6.04. The van der Waals surface area contributed by atoms with E-state index in [9.17, 15) is 4.79 Å². The molecule has 2 aliphatic heterocycles. The molecule has 2 aliphatic rings. The SMILES string of the molecule is O=CN1C2CCC1CC2. The van der Waals surface area contributed by atoms with Crippen LogP contribution in [-0.2, 0) is 4.79 Å². The van der Waals surface area contributed by atoms with Crippen molar-refractivity contribution in [3.05, 3.63) is 0 Å². The fraction of sp³-hybridized carbons (Fsp3) is 0.857. The summed E-state index contributed by atoms with van der Waals surface area (Å²) in [5.74, 6) is 0. The lowest BCUT2D eigenvalue weighted by Crippen LogP contribution is -2.26. The minimum atomic E-state index is 0.618. The predicted molar refractivity (Wildman–Crippen MR) is 33.9 cm³/mol. The summed E-state index contributed by atoms with van der Waals surface area (Å²) in [7, 11) is 0. The predicted octanol–water partition coefficient (Wildman–Crippen LogP) is 0.770. The molecule has 0 unspecified atom stereocenters. The molecule has 0 spiro atoms. The van der Waals surface area contributed by atoms with Crippen LogP contribution in [0.15, 0.2) is 0 Å². The van der Waals surface area contributed by atoms with Crippen molar-refractivity contribution in [3.8, 4) is 0 Å². The molecule has 2 heteroatoms. The Balaban J connectivity index is 2.16. The molecule has 1 amide bonds. The van der Waals surface area contributed by atoms with E-state index in [1.807, 2.05) is 4.90 Å². The summed E-state index contributed by atoms with van der Waals surface area (Å²) in [6.45, 7) is 0. The van der Waals surface area contributed by atoms with Crippen LogP contribution in [0.4, 0.5) is 0 Å². The number of amides is 1. The van der Waals surface area contributed by atoms with E-state index in [0.717, 1.165) is 6.41 Å². The highest BCUT2D eigenvalue weighted by atomic mass is 16.1. The molecular weight excluding hydrogens is 114 g/mol. The average molecular weight is 125 g/mol. The van der Waals surface area contributed by atoms with Crippen LogP contribution >= 0.6 is 0 Å². The van der Waals surface area contributed by atoms with Gasteiger partial charge in [-0.15, -0.1) is 0 Å². The van der Waals surface area contributed by atoms with Crippen LogP contribution < -0.4 is 0 Å². The lowest BCUT2D eigenvalue weighted by Gasteiger charge is -2.13. The van der Waals surface area contributed by atoms with Crippen molar-refractivity contribution in [1.29, 1.82) is 0 Å². The summed E-state index contributed by atoms with van der Waals surface area (Å²) in [5.41, 5.74) is 0. The number of carbonyl (C=O) groups is 1. The first-order valence-corrected chi connectivity index (χ1v) is 3.64. The largest absolute Gasteiger partial charge is 0.339 e. The Kier molecular flexibility index (Phi) is 1.01. The summed E-state index contributed by atoms with van der Waals surface area (Å²) in [4.78, 5) is 12.4. The Bertz CT molecular complexity index is 115. The fourth-order valence-electron chi connectivity index (χ4n) is 2.12. The molecule has 2 nitrogen and oxygen atoms in total. The summed E-state index contributed by atoms with van der Waals surface area (Å²) in [6, 6.07) is 1.24. The van der Waals surface area contributed by atoms with Crippen LogP contribution in [0.5, 0.6) is 0 Å². The van der Waals surface area contributed by atoms with Crippen molar-refractivity contribution in [2.75, 3.05) is 0 Å². The third-order valence-electron chi connectivity index (χ3n) is 2.63. The van der Waals surface area contributed by atoms with E-state index in [2.05, 4.69) is 0 Å². The maximum atomic E-state index is 10.4. The first-order chi connectivity index (χ1) is 4.42. The van der Waals surface area contributed by atoms with Gasteiger partial charge in [0.2, 0.25) is 6.41 Å². The molecule has 2 fully saturated rings. The quantitative estimate of drug-likeness (QED) is 0.474. The third kappa shape index (κ3) is 0.590. The Hall–Kier alpha value is -0.530. The zero-order valence-corrected chi connectivity index (χ0v) is 5.42. The molecule has 50 valence electrons. The van der Waals surface area contributed by atoms with E-state index in [0.29, 0.717) is 12.1 Å². The van der Waals surface area contributed by atoms with Crippen LogP contribution in [0, 0.1) is 0 Å². The summed E-state index contributed by atoms with van der Waals surface area (Å²) < 4.78 is 0. The normalized spacial score (nSPS) is 39.8. The van der Waals surface area contributed by atoms with Crippen LogP contribution in [-0.4, -0.2) is 23.4 Å². The van der Waals surface area contributed by atoms with Crippen LogP contribution in [0.1, 0.15) is 25.7 Å². The van der Waals surface area contributed by atoms with E-state index in [4.69, 9.17) is 0 Å². The second-order valence-corrected chi connectivity index (χ2v) is 3.01. The molecule has 0 saturated carbocycles. The van der Waals surface area contributed by atoms with Crippen LogP contribution in [0.25, 0.3) is 0 Å². The van der Waals surface area contributed by atoms with Gasteiger partial charge in [0.05, 0.1) is 0 Å². The molecule has 0 aromatic heterocycles. The van der Waals surface area contributed by atoms with Gasteiger partial charge in [0.25, 0.3) is 0 Å². The Morgan fingerprint density at radius 1 is 1.11 bits per heavy atom. The summed E-state index contributed by atoms with van der Waals surface area (Å²) in [5, 5.41) is 0. The number of nitrogens with zero attached hydrogens (tertiary/aromatic N) is 1. The second kappa shape index (κ2) is 1.72. The van der Waals surface area contributed by atoms with Gasteiger partial charge in [-0.05, 0) is 25.7 Å². The highest BCUT2D eigenvalue weighted by Gasteiger charge is 2.37. The van der Waals surface area contributed by atoms with Gasteiger partial charge in [0, 0.05) is 12.1 Å². The van der Waals surface area contributed by atoms with Gasteiger partial charge in [0.15, 0.2) is 0 Å². The first-order valence-electron chi connectivity index (χ1n) is 3.64. The fourth-order valence-corrected chi connectivity index (χ4v) is 2.12. The second-order valence-electron chi connectivity index (χ2n) is 3.01. The van der Waals surface area contributed by atoms with Crippen molar-refractivity contribution in [2.45, 2.75) is 37.8 Å². The zero-order chi connectivity index (χ0) is 6.27. The smallest absolute Gasteiger partial charge is 0.210 e. The van der Waals surface area contributed by atoms with Gasteiger partial charge in [0.1, 0.15) is 0 Å². The van der Waals surface area contributed by atoms with Crippen molar-refractivity contribution in [1.82, 2.24) is 4.90 Å². The maximum Gasteiger partial charge on any atom is 0.210 e. The van der Waals surface area contributed by atoms with Gasteiger partial charge in [-0.25, -0.2) is 0 Å². The Morgan fingerprint density at radius 3 is 1.78 bits per heavy atom. The third-order valence-corrected chi connectivity index (χ3v) is 2.63. The molecule has 2 saturated heterocycles. The van der Waals surface area contributed by atoms with Crippen molar-refractivity contribution < 1.29 is 4.79 Å². The molecule has 0 atom stereocenters. The standard InChI is InChI=1S/C7H11NO/c9-5-8-6-1-2-7(8)4-3-6/h5-7H,1-4H2. The first kappa shape index (κ1) is 5.27. The summed E-state index contributed by atoms with van der Waals surface area (Å²) >= 11 is 0. The van der Waals surface area contributed by atoms with Gasteiger partial charge in [-0.2, -0.15) is 0 Å². The number of rotatable bonds is 1. The van der Waals surface area contributed by atoms with Gasteiger partial charge >= 0.3 is 0 Å². The minimum absolute atomic E-state index is 0.618. The lowest BCUT2D eigenvalue weighted by atomic mass is 10.0. The topological polar surface area (TPSA) is 20.3 Å². The van der Waals surface area contributed by atoms with E-state index < -0.39 is 0 Å². The van der Waals surface area contributed by atoms with Crippen molar-refractivity contribution in [3.63, 3.8) is 0 Å². The maximum absolute atomic E-state index is 10.4. The number of carbonyl (C=O) groups excluding carboxylic acids is 1. The highest BCUT2D eigenvalue weighted by Crippen LogP contribution is 2.35. The van der Waals surface area contributed by atoms with Crippen LogP contribution in [0.3, 0.4) is 0 Å². The molecule has 0 aromatic rings. The number of hydrogen-bond donors (Lipinski definition) is 0. The van der Waals surface area contributed by atoms with Crippen molar-refractivity contribution in [2.24, 2.45) is 0 Å². The van der Waals surface area contributed by atoms with Crippen molar-refractivity contribution >= 4 is 6.41 Å². The molecule has 2 bridgehead atoms. The molecule has 0 aliphatic carbocycles.